The van der Waals surface area contributed by atoms with Gasteiger partial charge in [0.05, 0.1) is 5.50 Å². The standard InChI is InChI=1S/C20H25NO.C13H18BNO4/c1-3-11-16(4-2)20(19(21)22,17-12-7-5-8-13-17)18-14-9-6-10-15-18;1-3-12(18)7-15-10-5-4-8(6-9(10)12)13(14,19)11(2,16)17/h5-10,12-16H,3-4,11H2,1-2H3,(H2,21,22);4-6,15-19H,3,7H2,1-2H3. The molecule has 0 bridgehead atoms. The third-order valence-corrected chi connectivity index (χ3v) is 8.43. The Morgan fingerprint density at radius 3 is 1.90 bits per heavy atom. The molecule has 0 spiro atoms. The lowest BCUT2D eigenvalue weighted by molar-refractivity contribution is -0.234. The smallest absolute Gasteiger partial charge is 0.232 e. The van der Waals surface area contributed by atoms with E-state index in [1.807, 2.05) is 67.6 Å². The van der Waals surface area contributed by atoms with Crippen LogP contribution in [0.1, 0.15) is 75.6 Å². The molecule has 0 saturated heterocycles. The van der Waals surface area contributed by atoms with E-state index in [1.165, 1.54) is 12.1 Å². The Hall–Kier alpha value is -3.17. The van der Waals surface area contributed by atoms with Crippen LogP contribution in [0, 0.1) is 5.92 Å². The van der Waals surface area contributed by atoms with Crippen molar-refractivity contribution in [3.8, 4) is 0 Å². The van der Waals surface area contributed by atoms with Crippen LogP contribution in [0.15, 0.2) is 78.9 Å². The van der Waals surface area contributed by atoms with Gasteiger partial charge in [0.25, 0.3) is 0 Å². The molecule has 8 heteroatoms. The lowest BCUT2D eigenvalue weighted by Crippen LogP contribution is -2.50. The average Bonchev–Trinajstić information content (AvgIpc) is 3.30. The minimum absolute atomic E-state index is 0.134. The molecule has 0 saturated carbocycles. The zero-order chi connectivity index (χ0) is 30.5. The summed E-state index contributed by atoms with van der Waals surface area (Å²) in [6, 6.07) is 24.6. The number of nitrogens with two attached hydrogens (primary N) is 1. The van der Waals surface area contributed by atoms with E-state index >= 15 is 0 Å². The zero-order valence-corrected chi connectivity index (χ0v) is 24.5. The molecule has 1 amide bonds. The second-order valence-corrected chi connectivity index (χ2v) is 11.1. The summed E-state index contributed by atoms with van der Waals surface area (Å²) in [5.41, 5.74) is 5.36. The minimum Gasteiger partial charge on any atom is -0.390 e. The molecule has 3 unspecified atom stereocenters. The van der Waals surface area contributed by atoms with Crippen molar-refractivity contribution in [3.05, 3.63) is 101 Å². The van der Waals surface area contributed by atoms with Crippen molar-refractivity contribution in [1.82, 2.24) is 0 Å². The van der Waals surface area contributed by atoms with Crippen molar-refractivity contribution in [1.29, 1.82) is 0 Å². The van der Waals surface area contributed by atoms with Crippen molar-refractivity contribution < 1.29 is 25.2 Å². The Bertz CT molecular complexity index is 1250. The van der Waals surface area contributed by atoms with Gasteiger partial charge in [-0.05, 0) is 54.5 Å². The summed E-state index contributed by atoms with van der Waals surface area (Å²) in [7, 11) is 5.59. The number of hydrogen-bond donors (Lipinski definition) is 6. The van der Waals surface area contributed by atoms with E-state index in [0.717, 1.165) is 43.0 Å². The van der Waals surface area contributed by atoms with Crippen LogP contribution in [0.25, 0.3) is 0 Å². The summed E-state index contributed by atoms with van der Waals surface area (Å²) >= 11 is 0. The normalized spacial score (nSPS) is 18.7. The number of fused-ring (bicyclic) bond motifs is 1. The van der Waals surface area contributed by atoms with Gasteiger partial charge in [-0.15, -0.1) is 0 Å². The SMILES string of the molecule is CCCC(CC)C(C(N)=O)(c1ccccc1)c1ccccc1.[B]C(O)(c1ccc2c(c1)C(O)(CC)CN2)C(C)(O)O. The number of anilines is 1. The molecule has 0 fully saturated rings. The first-order valence-corrected chi connectivity index (χ1v) is 14.3. The molecule has 1 aliphatic rings. The largest absolute Gasteiger partial charge is 0.390 e. The molecule has 0 aromatic heterocycles. The van der Waals surface area contributed by atoms with Crippen LogP contribution in [0.3, 0.4) is 0 Å². The quantitative estimate of drug-likeness (QED) is 0.164. The summed E-state index contributed by atoms with van der Waals surface area (Å²) in [6.45, 7) is 7.53. The summed E-state index contributed by atoms with van der Waals surface area (Å²) < 4.78 is 0. The Morgan fingerprint density at radius 1 is 0.951 bits per heavy atom. The van der Waals surface area contributed by atoms with Crippen LogP contribution in [0.4, 0.5) is 5.69 Å². The maximum absolute atomic E-state index is 12.7. The fourth-order valence-electron chi connectivity index (χ4n) is 5.85. The number of nitrogens with one attached hydrogen (secondary N) is 1. The summed E-state index contributed by atoms with van der Waals surface area (Å²) in [4.78, 5) is 12.7. The van der Waals surface area contributed by atoms with Gasteiger partial charge in [0.1, 0.15) is 18.9 Å². The van der Waals surface area contributed by atoms with E-state index in [0.29, 0.717) is 18.5 Å². The van der Waals surface area contributed by atoms with Gasteiger partial charge in [-0.3, -0.25) is 4.79 Å². The molecule has 1 aliphatic heterocycles. The van der Waals surface area contributed by atoms with Crippen LogP contribution < -0.4 is 11.1 Å². The van der Waals surface area contributed by atoms with Crippen LogP contribution in [-0.4, -0.2) is 46.5 Å². The molecule has 3 aromatic carbocycles. The van der Waals surface area contributed by atoms with Crippen molar-refractivity contribution >= 4 is 19.4 Å². The topological polar surface area (TPSA) is 136 Å². The number of primary amides is 1. The van der Waals surface area contributed by atoms with Crippen molar-refractivity contribution in [2.45, 2.75) is 75.7 Å². The lowest BCUT2D eigenvalue weighted by atomic mass is 9.63. The number of β-amino-alcohol motifs (C(OH)–C–C–N with tert-alkyl or cyclic N) is 1. The van der Waals surface area contributed by atoms with E-state index in [2.05, 4.69) is 19.2 Å². The van der Waals surface area contributed by atoms with E-state index in [4.69, 9.17) is 13.6 Å². The predicted octanol–water partition coefficient (Wildman–Crippen LogP) is 4.01. The molecule has 3 atom stereocenters. The van der Waals surface area contributed by atoms with Crippen LogP contribution in [-0.2, 0) is 21.3 Å². The number of carbonyl (C=O) groups excluding carboxylic acids is 1. The van der Waals surface area contributed by atoms with Gasteiger partial charge in [-0.25, -0.2) is 0 Å². The van der Waals surface area contributed by atoms with E-state index in [9.17, 15) is 25.2 Å². The molecule has 1 heterocycles. The third kappa shape index (κ3) is 6.21. The summed E-state index contributed by atoms with van der Waals surface area (Å²) in [5.74, 6) is -2.55. The second kappa shape index (κ2) is 12.8. The highest BCUT2D eigenvalue weighted by Gasteiger charge is 2.46. The molecule has 3 aromatic rings. The van der Waals surface area contributed by atoms with Gasteiger partial charge >= 0.3 is 0 Å². The first-order valence-electron chi connectivity index (χ1n) is 14.3. The van der Waals surface area contributed by atoms with E-state index in [1.54, 1.807) is 6.07 Å². The van der Waals surface area contributed by atoms with Gasteiger partial charge in [-0.2, -0.15) is 0 Å². The van der Waals surface area contributed by atoms with Crippen LogP contribution in [0.5, 0.6) is 0 Å². The second-order valence-electron chi connectivity index (χ2n) is 11.1. The lowest BCUT2D eigenvalue weighted by Gasteiger charge is -2.39. The molecule has 7 nitrogen and oxygen atoms in total. The fourth-order valence-corrected chi connectivity index (χ4v) is 5.85. The van der Waals surface area contributed by atoms with Crippen molar-refractivity contribution in [2.75, 3.05) is 11.9 Å². The van der Waals surface area contributed by atoms with Gasteiger partial charge in [0.15, 0.2) is 5.79 Å². The number of rotatable bonds is 10. The zero-order valence-electron chi connectivity index (χ0n) is 24.5. The van der Waals surface area contributed by atoms with Gasteiger partial charge in [0.2, 0.25) is 5.91 Å². The third-order valence-electron chi connectivity index (χ3n) is 8.43. The molecule has 7 N–H and O–H groups in total. The molecule has 4 rings (SSSR count). The number of benzene rings is 3. The predicted molar refractivity (Wildman–Crippen MR) is 163 cm³/mol. The van der Waals surface area contributed by atoms with E-state index in [-0.39, 0.29) is 17.4 Å². The van der Waals surface area contributed by atoms with E-state index < -0.39 is 22.3 Å². The number of amides is 1. The van der Waals surface area contributed by atoms with Gasteiger partial charge in [0, 0.05) is 17.8 Å². The average molecular weight is 559 g/mol. The fraction of sp³-hybridized carbons (Fsp3) is 0.424. The first kappa shape index (κ1) is 32.4. The molecular weight excluding hydrogens is 515 g/mol. The highest BCUT2D eigenvalue weighted by Crippen LogP contribution is 2.43. The Kier molecular flexibility index (Phi) is 10.1. The Labute approximate surface area is 244 Å². The molecule has 218 valence electrons. The maximum atomic E-state index is 12.7. The first-order chi connectivity index (χ1) is 19.3. The highest BCUT2D eigenvalue weighted by molar-refractivity contribution is 6.15. The molecule has 2 radical (unpaired) electrons. The molecule has 0 aliphatic carbocycles. The maximum Gasteiger partial charge on any atom is 0.232 e. The van der Waals surface area contributed by atoms with Gasteiger partial charge in [-0.1, -0.05) is 100 Å². The summed E-state index contributed by atoms with van der Waals surface area (Å²) in [5, 5.41) is 42.6. The van der Waals surface area contributed by atoms with Crippen LogP contribution >= 0.6 is 0 Å². The monoisotopic (exact) mass is 558 g/mol. The number of hydrogen-bond acceptors (Lipinski definition) is 6. The highest BCUT2D eigenvalue weighted by atomic mass is 16.5. The van der Waals surface area contributed by atoms with Crippen molar-refractivity contribution in [2.24, 2.45) is 11.7 Å². The minimum atomic E-state index is -2.49. The molecular formula is C33H43BN2O5. The van der Waals surface area contributed by atoms with Crippen LogP contribution in [0.2, 0.25) is 0 Å². The van der Waals surface area contributed by atoms with Crippen molar-refractivity contribution in [3.63, 3.8) is 0 Å². The Morgan fingerprint density at radius 2 is 1.49 bits per heavy atom. The van der Waals surface area contributed by atoms with Gasteiger partial charge < -0.3 is 31.5 Å². The number of carbonyl (C=O) groups is 1. The number of aliphatic hydroxyl groups is 4. The summed E-state index contributed by atoms with van der Waals surface area (Å²) in [6.07, 6.45) is 3.42. The Balaban J connectivity index is 0.000000228. The molecule has 41 heavy (non-hydrogen) atoms.